The standard InChI is InChI=1S/C50H75ClN2O6/c1-30(2)41-36(54)28-50(22-23-52-29-31-12-13-32(51)26-37(31)58-25-24-53(10)11)21-20-48(8)33(42(41)50)14-15-39-47(7)18-17-40(46(5,6)38(47)16-19-49(39,48)9)59-44(57)35-27-34(43(55)56)45(35,3)4/h12-13,26,30,33-35,38-40,52H,14-25,27-29H2,1-11H3,(H,55,56)/t33-,34+,35-,38+,39-,40+,47+,48-,49-,50-/m1/s1. The summed E-state index contributed by atoms with van der Waals surface area (Å²) in [6.07, 6.45) is 10.5. The molecule has 328 valence electrons. The van der Waals surface area contributed by atoms with Crippen LogP contribution in [0, 0.1) is 68.0 Å². The Balaban J connectivity index is 1.08. The van der Waals surface area contributed by atoms with E-state index >= 15 is 0 Å². The summed E-state index contributed by atoms with van der Waals surface area (Å²) in [6.45, 7) is 23.7. The lowest BCUT2D eigenvalue weighted by atomic mass is 9.33. The van der Waals surface area contributed by atoms with Gasteiger partial charge in [0.1, 0.15) is 18.5 Å². The second-order valence-electron chi connectivity index (χ2n) is 22.6. The van der Waals surface area contributed by atoms with Gasteiger partial charge in [-0.1, -0.05) is 85.6 Å². The summed E-state index contributed by atoms with van der Waals surface area (Å²) in [5.41, 5.74) is 3.24. The van der Waals surface area contributed by atoms with Crippen molar-refractivity contribution in [3.05, 3.63) is 39.9 Å². The summed E-state index contributed by atoms with van der Waals surface area (Å²) in [5.74, 6) is 0.911. The van der Waals surface area contributed by atoms with Crippen LogP contribution in [0.15, 0.2) is 29.3 Å². The average Bonchev–Trinajstić information content (AvgIpc) is 3.43. The summed E-state index contributed by atoms with van der Waals surface area (Å²) in [6, 6.07) is 5.92. The molecule has 6 aliphatic rings. The van der Waals surface area contributed by atoms with Crippen molar-refractivity contribution in [2.24, 2.45) is 68.0 Å². The maximum Gasteiger partial charge on any atom is 0.309 e. The van der Waals surface area contributed by atoms with Gasteiger partial charge in [0.05, 0.1) is 11.8 Å². The fraction of sp³-hybridized carbons (Fsp3) is 0.780. The zero-order chi connectivity index (χ0) is 43.1. The summed E-state index contributed by atoms with van der Waals surface area (Å²) in [4.78, 5) is 41.8. The lowest BCUT2D eigenvalue weighted by Gasteiger charge is -2.72. The Kier molecular flexibility index (Phi) is 11.9. The van der Waals surface area contributed by atoms with Crippen molar-refractivity contribution < 1.29 is 29.0 Å². The Bertz CT molecular complexity index is 1850. The maximum absolute atomic E-state index is 14.2. The molecule has 1 aromatic carbocycles. The average molecular weight is 836 g/mol. The van der Waals surface area contributed by atoms with Gasteiger partial charge in [0.15, 0.2) is 5.78 Å². The molecule has 0 heterocycles. The van der Waals surface area contributed by atoms with Crippen LogP contribution in [-0.2, 0) is 25.7 Å². The van der Waals surface area contributed by atoms with Gasteiger partial charge in [-0.2, -0.15) is 0 Å². The number of nitrogens with zero attached hydrogens (tertiary/aromatic N) is 1. The Morgan fingerprint density at radius 2 is 1.64 bits per heavy atom. The third-order valence-corrected chi connectivity index (χ3v) is 18.8. The molecular formula is C50H75ClN2O6. The van der Waals surface area contributed by atoms with Gasteiger partial charge in [-0.05, 0) is 148 Å². The number of Topliss-reactive ketones (excluding diaryl/α,β-unsaturated/α-hetero) is 1. The van der Waals surface area contributed by atoms with Crippen LogP contribution >= 0.6 is 11.6 Å². The lowest BCUT2D eigenvalue weighted by molar-refractivity contribution is -0.236. The number of ketones is 1. The molecule has 0 aromatic heterocycles. The quantitative estimate of drug-likeness (QED) is 0.150. The molecule has 0 spiro atoms. The van der Waals surface area contributed by atoms with Gasteiger partial charge in [-0.15, -0.1) is 0 Å². The minimum atomic E-state index is -0.820. The summed E-state index contributed by atoms with van der Waals surface area (Å²) in [5, 5.41) is 14.1. The SMILES string of the molecule is CC(C)C1=C2[C@H]3CC[C@@H]4[C@@]5(C)CC[C@H](OC(=O)[C@H]6C[C@@H](C(=O)O)C6(C)C)C(C)(C)[C@@H]5CC[C@@]4(C)[C@]3(C)CC[C@@]2(CCNCc2ccc(Cl)cc2OCCN(C)C)CC1=O. The van der Waals surface area contributed by atoms with E-state index < -0.39 is 17.3 Å². The molecule has 0 radical (unpaired) electrons. The number of hydrogen-bond acceptors (Lipinski definition) is 7. The van der Waals surface area contributed by atoms with E-state index in [1.165, 1.54) is 12.0 Å². The van der Waals surface area contributed by atoms with Crippen molar-refractivity contribution >= 4 is 29.3 Å². The predicted octanol–water partition coefficient (Wildman–Crippen LogP) is 10.4. The Labute approximate surface area is 360 Å². The van der Waals surface area contributed by atoms with Crippen molar-refractivity contribution in [1.82, 2.24) is 10.2 Å². The smallest absolute Gasteiger partial charge is 0.309 e. The van der Waals surface area contributed by atoms with E-state index in [0.29, 0.717) is 54.6 Å². The van der Waals surface area contributed by atoms with Gasteiger partial charge in [0, 0.05) is 40.9 Å². The number of allylic oxidation sites excluding steroid dienone is 2. The minimum absolute atomic E-state index is 0.0902. The second kappa shape index (κ2) is 15.7. The highest BCUT2D eigenvalue weighted by molar-refractivity contribution is 6.30. The zero-order valence-electron chi connectivity index (χ0n) is 38.2. The zero-order valence-corrected chi connectivity index (χ0v) is 38.9. The highest BCUT2D eigenvalue weighted by Crippen LogP contribution is 2.77. The third-order valence-electron chi connectivity index (χ3n) is 18.5. The Hall–Kier alpha value is -2.42. The van der Waals surface area contributed by atoms with Crippen LogP contribution in [0.4, 0.5) is 0 Å². The third kappa shape index (κ3) is 7.23. The number of aliphatic carboxylic acids is 1. The minimum Gasteiger partial charge on any atom is -0.492 e. The van der Waals surface area contributed by atoms with E-state index in [2.05, 4.69) is 64.7 Å². The first-order valence-corrected chi connectivity index (χ1v) is 23.4. The Morgan fingerprint density at radius 1 is 0.915 bits per heavy atom. The normalized spacial score (nSPS) is 38.2. The van der Waals surface area contributed by atoms with Crippen LogP contribution in [0.1, 0.15) is 139 Å². The molecule has 0 amide bonds. The van der Waals surface area contributed by atoms with Crippen LogP contribution < -0.4 is 10.1 Å². The number of esters is 1. The number of carboxylic acid groups (broad SMARTS) is 1. The number of likely N-dealkylation sites (N-methyl/N-ethyl adjacent to an activating group) is 1. The van der Waals surface area contributed by atoms with Crippen molar-refractivity contribution in [3.63, 3.8) is 0 Å². The number of carbonyl (C=O) groups is 3. The molecule has 5 saturated carbocycles. The van der Waals surface area contributed by atoms with E-state index in [0.717, 1.165) is 81.3 Å². The van der Waals surface area contributed by atoms with Crippen LogP contribution in [0.2, 0.25) is 5.02 Å². The molecule has 9 heteroatoms. The number of halogens is 1. The first-order valence-electron chi connectivity index (χ1n) is 23.0. The number of fused-ring (bicyclic) bond motifs is 7. The van der Waals surface area contributed by atoms with Crippen LogP contribution in [-0.4, -0.2) is 67.6 Å². The molecule has 10 atom stereocenters. The van der Waals surface area contributed by atoms with Gasteiger partial charge >= 0.3 is 11.9 Å². The summed E-state index contributed by atoms with van der Waals surface area (Å²) in [7, 11) is 4.09. The van der Waals surface area contributed by atoms with E-state index in [1.54, 1.807) is 0 Å². The Morgan fingerprint density at radius 3 is 2.31 bits per heavy atom. The van der Waals surface area contributed by atoms with E-state index in [1.807, 2.05) is 40.1 Å². The van der Waals surface area contributed by atoms with Crippen LogP contribution in [0.25, 0.3) is 0 Å². The molecule has 8 nitrogen and oxygen atoms in total. The first kappa shape index (κ1) is 44.6. The predicted molar refractivity (Wildman–Crippen MR) is 234 cm³/mol. The van der Waals surface area contributed by atoms with Gasteiger partial charge in [0.2, 0.25) is 0 Å². The monoisotopic (exact) mass is 835 g/mol. The first-order chi connectivity index (χ1) is 27.5. The van der Waals surface area contributed by atoms with E-state index in [-0.39, 0.29) is 51.0 Å². The number of nitrogens with one attached hydrogen (secondary N) is 1. The highest BCUT2D eigenvalue weighted by atomic mass is 35.5. The molecule has 1 aromatic rings. The molecule has 0 saturated heterocycles. The number of carboxylic acids is 1. The molecule has 0 unspecified atom stereocenters. The largest absolute Gasteiger partial charge is 0.492 e. The van der Waals surface area contributed by atoms with Crippen molar-refractivity contribution in [3.8, 4) is 5.75 Å². The van der Waals surface area contributed by atoms with Crippen molar-refractivity contribution in [2.75, 3.05) is 33.8 Å². The second-order valence-corrected chi connectivity index (χ2v) is 23.0. The molecule has 59 heavy (non-hydrogen) atoms. The number of benzene rings is 1. The van der Waals surface area contributed by atoms with Crippen LogP contribution in [0.3, 0.4) is 0 Å². The summed E-state index contributed by atoms with van der Waals surface area (Å²) < 4.78 is 12.6. The molecule has 7 rings (SSSR count). The van der Waals surface area contributed by atoms with Gasteiger partial charge < -0.3 is 24.8 Å². The molecule has 2 N–H and O–H groups in total. The van der Waals surface area contributed by atoms with Gasteiger partial charge in [-0.3, -0.25) is 14.4 Å². The van der Waals surface area contributed by atoms with E-state index in [4.69, 9.17) is 21.1 Å². The fourth-order valence-corrected chi connectivity index (χ4v) is 15.1. The number of carbonyl (C=O) groups excluding carboxylic acids is 2. The molecule has 0 aliphatic heterocycles. The number of rotatable bonds is 13. The number of ether oxygens (including phenoxy) is 2. The maximum atomic E-state index is 14.2. The molecular weight excluding hydrogens is 760 g/mol. The molecule has 0 bridgehead atoms. The fourth-order valence-electron chi connectivity index (χ4n) is 14.9. The summed E-state index contributed by atoms with van der Waals surface area (Å²) >= 11 is 6.39. The van der Waals surface area contributed by atoms with Gasteiger partial charge in [-0.25, -0.2) is 0 Å². The van der Waals surface area contributed by atoms with Crippen LogP contribution in [0.5, 0.6) is 5.75 Å². The van der Waals surface area contributed by atoms with Crippen molar-refractivity contribution in [1.29, 1.82) is 0 Å². The van der Waals surface area contributed by atoms with E-state index in [9.17, 15) is 19.5 Å². The molecule has 5 fully saturated rings. The highest BCUT2D eigenvalue weighted by Gasteiger charge is 2.70. The number of hydrogen-bond donors (Lipinski definition) is 2. The topological polar surface area (TPSA) is 105 Å². The lowest BCUT2D eigenvalue weighted by Crippen LogP contribution is -2.66. The van der Waals surface area contributed by atoms with Gasteiger partial charge in [0.25, 0.3) is 0 Å². The molecule has 6 aliphatic carbocycles. The van der Waals surface area contributed by atoms with Crippen molar-refractivity contribution in [2.45, 2.75) is 146 Å².